The summed E-state index contributed by atoms with van der Waals surface area (Å²) in [7, 11) is 0. The highest BCUT2D eigenvalue weighted by Gasteiger charge is 2.33. The fourth-order valence-electron chi connectivity index (χ4n) is 5.05. The number of aromatic nitrogens is 1. The number of imide groups is 1. The first-order valence-corrected chi connectivity index (χ1v) is 16.4. The molecule has 2 heterocycles. The van der Waals surface area contributed by atoms with Crippen molar-refractivity contribution < 1.29 is 28.6 Å². The van der Waals surface area contributed by atoms with Crippen molar-refractivity contribution >= 4 is 18.1 Å². The maximum Gasteiger partial charge on any atom is 0.416 e. The Hall–Kier alpha value is -2.68. The highest BCUT2D eigenvalue weighted by atomic mass is 16.6. The van der Waals surface area contributed by atoms with Crippen molar-refractivity contribution in [2.45, 2.75) is 142 Å². The third-order valence-electron chi connectivity index (χ3n) is 7.65. The molecular formula is C33H55N3O6. The summed E-state index contributed by atoms with van der Waals surface area (Å²) in [6, 6.07) is 5.29. The second kappa shape index (κ2) is 22.9. The van der Waals surface area contributed by atoms with Gasteiger partial charge >= 0.3 is 12.2 Å². The Morgan fingerprint density at radius 1 is 0.833 bits per heavy atom. The molecule has 1 aliphatic heterocycles. The molecule has 2 rings (SSSR count). The van der Waals surface area contributed by atoms with Crippen molar-refractivity contribution in [2.75, 3.05) is 19.8 Å². The molecule has 1 aliphatic rings. The summed E-state index contributed by atoms with van der Waals surface area (Å²) in [5.41, 5.74) is 0.592. The van der Waals surface area contributed by atoms with E-state index in [9.17, 15) is 14.4 Å². The van der Waals surface area contributed by atoms with E-state index in [0.717, 1.165) is 17.7 Å². The van der Waals surface area contributed by atoms with Crippen LogP contribution >= 0.6 is 0 Å². The average molecular weight is 590 g/mol. The van der Waals surface area contributed by atoms with Crippen LogP contribution in [0.3, 0.4) is 0 Å². The van der Waals surface area contributed by atoms with Gasteiger partial charge in [0, 0.05) is 26.1 Å². The van der Waals surface area contributed by atoms with Gasteiger partial charge < -0.3 is 19.5 Å². The predicted octanol–water partition coefficient (Wildman–Crippen LogP) is 7.71. The molecule has 9 heteroatoms. The van der Waals surface area contributed by atoms with Gasteiger partial charge in [0.2, 0.25) is 5.91 Å². The zero-order chi connectivity index (χ0) is 30.3. The Morgan fingerprint density at radius 2 is 1.36 bits per heavy atom. The normalized spacial score (nSPS) is 16.0. The zero-order valence-corrected chi connectivity index (χ0v) is 26.2. The summed E-state index contributed by atoms with van der Waals surface area (Å²) in [4.78, 5) is 41.3. The van der Waals surface area contributed by atoms with Crippen LogP contribution in [0.25, 0.3) is 0 Å². The van der Waals surface area contributed by atoms with Gasteiger partial charge in [-0.3, -0.25) is 9.78 Å². The number of alkyl carbamates (subject to hydrolysis) is 1. The van der Waals surface area contributed by atoms with E-state index in [1.165, 1.54) is 96.8 Å². The summed E-state index contributed by atoms with van der Waals surface area (Å²) in [5.74, 6) is -0.419. The Bertz CT molecular complexity index is 863. The van der Waals surface area contributed by atoms with Crippen LogP contribution in [0.5, 0.6) is 0 Å². The van der Waals surface area contributed by atoms with Gasteiger partial charge in [0.1, 0.15) is 13.2 Å². The molecule has 0 radical (unpaired) electrons. The molecule has 1 saturated heterocycles. The van der Waals surface area contributed by atoms with Crippen LogP contribution in [0, 0.1) is 0 Å². The zero-order valence-electron chi connectivity index (χ0n) is 26.2. The number of nitrogens with one attached hydrogen (secondary N) is 1. The standard InChI is InChI=1S/C33H55N3O6/c1-3-4-5-6-7-8-9-10-11-12-13-14-15-16-17-19-23-35-32(38)40-26-30-24-31(42-30)27-41-33(39)36(28(2)37)25-29-21-18-20-22-34-29/h18,20-22,30-31H,3-17,19,23-27H2,1-2H3,(H,35,38)/t30-,31+/m0/s1. The number of rotatable bonds is 23. The third kappa shape index (κ3) is 16.7. The lowest BCUT2D eigenvalue weighted by atomic mass is 10.0. The van der Waals surface area contributed by atoms with E-state index < -0.39 is 18.1 Å². The molecule has 1 aromatic rings. The summed E-state index contributed by atoms with van der Waals surface area (Å²) >= 11 is 0. The van der Waals surface area contributed by atoms with E-state index in [2.05, 4.69) is 17.2 Å². The molecule has 0 aromatic carbocycles. The van der Waals surface area contributed by atoms with Crippen molar-refractivity contribution in [1.82, 2.24) is 15.2 Å². The smallest absolute Gasteiger partial charge is 0.416 e. The van der Waals surface area contributed by atoms with Gasteiger partial charge in [0.25, 0.3) is 0 Å². The van der Waals surface area contributed by atoms with Crippen LogP contribution in [0.4, 0.5) is 9.59 Å². The molecule has 2 atom stereocenters. The Kier molecular flexibility index (Phi) is 19.3. The summed E-state index contributed by atoms with van der Waals surface area (Å²) < 4.78 is 16.1. The molecule has 0 unspecified atom stereocenters. The number of hydrogen-bond donors (Lipinski definition) is 1. The molecule has 0 aliphatic carbocycles. The Morgan fingerprint density at radius 3 is 1.86 bits per heavy atom. The van der Waals surface area contributed by atoms with Gasteiger partial charge in [-0.1, -0.05) is 109 Å². The maximum absolute atomic E-state index is 12.3. The van der Waals surface area contributed by atoms with Crippen molar-refractivity contribution in [3.8, 4) is 0 Å². The minimum Gasteiger partial charge on any atom is -0.447 e. The second-order valence-corrected chi connectivity index (χ2v) is 11.4. The van der Waals surface area contributed by atoms with Crippen LogP contribution in [-0.4, -0.2) is 59.9 Å². The van der Waals surface area contributed by atoms with E-state index >= 15 is 0 Å². The molecule has 0 spiro atoms. The number of ether oxygens (including phenoxy) is 3. The van der Waals surface area contributed by atoms with Crippen LogP contribution in [-0.2, 0) is 25.5 Å². The predicted molar refractivity (Wildman–Crippen MR) is 164 cm³/mol. The minimum absolute atomic E-state index is 0.0345. The fourth-order valence-corrected chi connectivity index (χ4v) is 5.05. The molecule has 0 bridgehead atoms. The van der Waals surface area contributed by atoms with Crippen molar-refractivity contribution in [2.24, 2.45) is 0 Å². The quantitative estimate of drug-likeness (QED) is 0.130. The van der Waals surface area contributed by atoms with Crippen LogP contribution in [0.2, 0.25) is 0 Å². The van der Waals surface area contributed by atoms with Crippen LogP contribution in [0.1, 0.15) is 129 Å². The van der Waals surface area contributed by atoms with Gasteiger partial charge in [-0.05, 0) is 18.6 Å². The lowest BCUT2D eigenvalue weighted by Gasteiger charge is -2.35. The molecule has 9 nitrogen and oxygen atoms in total. The molecule has 238 valence electrons. The number of carbonyl (C=O) groups excluding carboxylic acids is 3. The Labute approximate surface area is 253 Å². The van der Waals surface area contributed by atoms with Gasteiger partial charge in [0.15, 0.2) is 0 Å². The SMILES string of the molecule is CCCCCCCCCCCCCCCCCCNC(=O)OC[C@@H]1C[C@H](COC(=O)N(Cc2ccccn2)C(C)=O)O1. The first-order valence-electron chi connectivity index (χ1n) is 16.4. The van der Waals surface area contributed by atoms with Gasteiger partial charge in [0.05, 0.1) is 24.4 Å². The van der Waals surface area contributed by atoms with Crippen LogP contribution in [0.15, 0.2) is 24.4 Å². The highest BCUT2D eigenvalue weighted by molar-refractivity contribution is 5.90. The van der Waals surface area contributed by atoms with E-state index in [1.807, 2.05) is 0 Å². The summed E-state index contributed by atoms with van der Waals surface area (Å²) in [6.45, 7) is 4.44. The molecule has 1 fully saturated rings. The largest absolute Gasteiger partial charge is 0.447 e. The maximum atomic E-state index is 12.3. The molecule has 1 N–H and O–H groups in total. The monoisotopic (exact) mass is 589 g/mol. The van der Waals surface area contributed by atoms with E-state index in [4.69, 9.17) is 14.2 Å². The Balaban J connectivity index is 1.35. The average Bonchev–Trinajstić information content (AvgIpc) is 2.96. The first kappa shape index (κ1) is 35.5. The second-order valence-electron chi connectivity index (χ2n) is 11.4. The third-order valence-corrected chi connectivity index (χ3v) is 7.65. The molecular weight excluding hydrogens is 534 g/mol. The molecule has 42 heavy (non-hydrogen) atoms. The fraction of sp³-hybridized carbons (Fsp3) is 0.758. The van der Waals surface area contributed by atoms with E-state index in [-0.39, 0.29) is 32.0 Å². The van der Waals surface area contributed by atoms with Gasteiger partial charge in [-0.25, -0.2) is 14.5 Å². The number of hydrogen-bond acceptors (Lipinski definition) is 7. The molecule has 3 amide bonds. The van der Waals surface area contributed by atoms with Crippen molar-refractivity contribution in [1.29, 1.82) is 0 Å². The minimum atomic E-state index is -0.732. The van der Waals surface area contributed by atoms with Gasteiger partial charge in [-0.15, -0.1) is 0 Å². The summed E-state index contributed by atoms with van der Waals surface area (Å²) in [5, 5.41) is 2.80. The highest BCUT2D eigenvalue weighted by Crippen LogP contribution is 2.21. The lowest BCUT2D eigenvalue weighted by molar-refractivity contribution is -0.160. The van der Waals surface area contributed by atoms with E-state index in [1.54, 1.807) is 24.4 Å². The number of unbranched alkanes of at least 4 members (excludes halogenated alkanes) is 15. The number of carbonyl (C=O) groups is 3. The summed E-state index contributed by atoms with van der Waals surface area (Å²) in [6.07, 6.45) is 21.7. The lowest BCUT2D eigenvalue weighted by Crippen LogP contribution is -2.45. The number of amides is 3. The molecule has 0 saturated carbocycles. The topological polar surface area (TPSA) is 107 Å². The van der Waals surface area contributed by atoms with Crippen molar-refractivity contribution in [3.05, 3.63) is 30.1 Å². The first-order chi connectivity index (χ1) is 20.5. The molecule has 1 aromatic heterocycles. The van der Waals surface area contributed by atoms with Gasteiger partial charge in [-0.2, -0.15) is 0 Å². The number of pyridine rings is 1. The van der Waals surface area contributed by atoms with E-state index in [0.29, 0.717) is 18.7 Å². The number of nitrogens with zero attached hydrogens (tertiary/aromatic N) is 2. The van der Waals surface area contributed by atoms with Crippen LogP contribution < -0.4 is 5.32 Å². The van der Waals surface area contributed by atoms with Crippen molar-refractivity contribution in [3.63, 3.8) is 0 Å².